The molecule has 0 heterocycles. The number of hydrogen-bond acceptors (Lipinski definition) is 3. The van der Waals surface area contributed by atoms with Crippen molar-refractivity contribution in [3.05, 3.63) is 45.6 Å². The Kier molecular flexibility index (Phi) is 5.41. The third-order valence-corrected chi connectivity index (χ3v) is 2.31. The third-order valence-electron chi connectivity index (χ3n) is 2.31. The second-order valence-corrected chi connectivity index (χ2v) is 4.41. The van der Waals surface area contributed by atoms with Gasteiger partial charge in [0.15, 0.2) is 0 Å². The first kappa shape index (κ1) is 15.1. The fourth-order valence-electron chi connectivity index (χ4n) is 1.59. The average Bonchev–Trinajstić information content (AvgIpc) is 2.29. The van der Waals surface area contributed by atoms with E-state index in [0.29, 0.717) is 0 Å². The SMILES string of the molecule is CC(C)CC(=Cc1ccccc1OC(F)F)[N+](=O)[O-]. The number of halogens is 2. The van der Waals surface area contributed by atoms with Gasteiger partial charge in [-0.3, -0.25) is 10.1 Å². The summed E-state index contributed by atoms with van der Waals surface area (Å²) in [6.07, 6.45) is 1.54. The Balaban J connectivity index is 3.09. The molecule has 0 atom stereocenters. The molecule has 0 N–H and O–H groups in total. The lowest BCUT2D eigenvalue weighted by atomic mass is 10.1. The summed E-state index contributed by atoms with van der Waals surface area (Å²) >= 11 is 0. The van der Waals surface area contributed by atoms with Crippen LogP contribution in [0, 0.1) is 16.0 Å². The minimum Gasteiger partial charge on any atom is -0.434 e. The Labute approximate surface area is 109 Å². The van der Waals surface area contributed by atoms with Crippen molar-refractivity contribution in [3.8, 4) is 5.75 Å². The van der Waals surface area contributed by atoms with Crippen LogP contribution in [0.25, 0.3) is 6.08 Å². The van der Waals surface area contributed by atoms with Gasteiger partial charge in [-0.05, 0) is 12.0 Å². The normalized spacial score (nSPS) is 12.0. The number of para-hydroxylation sites is 1. The summed E-state index contributed by atoms with van der Waals surface area (Å²) in [6.45, 7) is 0.733. The number of nitro groups is 1. The Bertz CT molecular complexity index is 473. The first-order valence-electron chi connectivity index (χ1n) is 5.79. The number of allylic oxidation sites excluding steroid dienone is 1. The number of hydrogen-bond donors (Lipinski definition) is 0. The maximum Gasteiger partial charge on any atom is 0.387 e. The molecule has 0 aliphatic heterocycles. The molecule has 0 radical (unpaired) electrons. The number of alkyl halides is 2. The number of nitrogens with zero attached hydrogens (tertiary/aromatic N) is 1. The highest BCUT2D eigenvalue weighted by Gasteiger charge is 2.15. The van der Waals surface area contributed by atoms with Crippen LogP contribution in [0.3, 0.4) is 0 Å². The van der Waals surface area contributed by atoms with Crippen molar-refractivity contribution in [1.82, 2.24) is 0 Å². The topological polar surface area (TPSA) is 52.4 Å². The van der Waals surface area contributed by atoms with Gasteiger partial charge in [0.2, 0.25) is 5.70 Å². The Morgan fingerprint density at radius 3 is 2.58 bits per heavy atom. The van der Waals surface area contributed by atoms with E-state index in [9.17, 15) is 18.9 Å². The second-order valence-electron chi connectivity index (χ2n) is 4.41. The van der Waals surface area contributed by atoms with Crippen LogP contribution in [0.15, 0.2) is 30.0 Å². The van der Waals surface area contributed by atoms with E-state index in [4.69, 9.17) is 0 Å². The zero-order valence-electron chi connectivity index (χ0n) is 10.7. The van der Waals surface area contributed by atoms with Crippen molar-refractivity contribution >= 4 is 6.08 Å². The summed E-state index contributed by atoms with van der Waals surface area (Å²) in [5.74, 6) is 0.0282. The van der Waals surface area contributed by atoms with Crippen molar-refractivity contribution in [1.29, 1.82) is 0 Å². The average molecular weight is 271 g/mol. The van der Waals surface area contributed by atoms with E-state index in [2.05, 4.69) is 4.74 Å². The highest BCUT2D eigenvalue weighted by molar-refractivity contribution is 5.58. The number of benzene rings is 1. The van der Waals surface area contributed by atoms with E-state index >= 15 is 0 Å². The van der Waals surface area contributed by atoms with E-state index in [1.807, 2.05) is 13.8 Å². The minimum atomic E-state index is -2.96. The van der Waals surface area contributed by atoms with Crippen molar-refractivity contribution in [2.45, 2.75) is 26.9 Å². The fourth-order valence-corrected chi connectivity index (χ4v) is 1.59. The van der Waals surface area contributed by atoms with Gasteiger partial charge in [0, 0.05) is 18.1 Å². The van der Waals surface area contributed by atoms with Crippen molar-refractivity contribution in [2.75, 3.05) is 0 Å². The Morgan fingerprint density at radius 2 is 2.05 bits per heavy atom. The van der Waals surface area contributed by atoms with Crippen LogP contribution in [-0.4, -0.2) is 11.5 Å². The van der Waals surface area contributed by atoms with E-state index in [1.54, 1.807) is 6.07 Å². The van der Waals surface area contributed by atoms with E-state index in [-0.39, 0.29) is 29.3 Å². The van der Waals surface area contributed by atoms with Crippen LogP contribution in [-0.2, 0) is 0 Å². The molecule has 0 fully saturated rings. The molecule has 0 aliphatic carbocycles. The molecule has 1 rings (SSSR count). The lowest BCUT2D eigenvalue weighted by Gasteiger charge is -2.08. The van der Waals surface area contributed by atoms with Gasteiger partial charge in [0.1, 0.15) is 5.75 Å². The van der Waals surface area contributed by atoms with Crippen molar-refractivity contribution in [2.24, 2.45) is 5.92 Å². The molecule has 1 aromatic carbocycles. The minimum absolute atomic E-state index is 0.0275. The molecule has 1 aromatic rings. The van der Waals surface area contributed by atoms with Gasteiger partial charge in [-0.2, -0.15) is 8.78 Å². The van der Waals surface area contributed by atoms with Gasteiger partial charge in [-0.25, -0.2) is 0 Å². The molecule has 0 aromatic heterocycles. The lowest BCUT2D eigenvalue weighted by molar-refractivity contribution is -0.427. The summed E-state index contributed by atoms with van der Waals surface area (Å²) in [5, 5.41) is 10.9. The highest BCUT2D eigenvalue weighted by Crippen LogP contribution is 2.24. The molecule has 6 heteroatoms. The molecule has 4 nitrogen and oxygen atoms in total. The maximum atomic E-state index is 12.2. The van der Waals surface area contributed by atoms with Crippen LogP contribution in [0.2, 0.25) is 0 Å². The van der Waals surface area contributed by atoms with Gasteiger partial charge in [0.25, 0.3) is 0 Å². The molecule has 19 heavy (non-hydrogen) atoms. The predicted molar refractivity (Wildman–Crippen MR) is 67.5 cm³/mol. The molecular formula is C13H15F2NO3. The quantitative estimate of drug-likeness (QED) is 0.581. The van der Waals surface area contributed by atoms with Gasteiger partial charge >= 0.3 is 6.61 Å². The molecular weight excluding hydrogens is 256 g/mol. The largest absolute Gasteiger partial charge is 0.434 e. The number of ether oxygens (including phenoxy) is 1. The van der Waals surface area contributed by atoms with Crippen molar-refractivity contribution in [3.63, 3.8) is 0 Å². The van der Waals surface area contributed by atoms with Crippen LogP contribution >= 0.6 is 0 Å². The lowest BCUT2D eigenvalue weighted by Crippen LogP contribution is -2.05. The van der Waals surface area contributed by atoms with Gasteiger partial charge in [0.05, 0.1) is 4.92 Å². The highest BCUT2D eigenvalue weighted by atomic mass is 19.3. The Hall–Kier alpha value is -1.98. The third kappa shape index (κ3) is 5.03. The van der Waals surface area contributed by atoms with E-state index in [1.165, 1.54) is 24.3 Å². The van der Waals surface area contributed by atoms with Crippen LogP contribution in [0.1, 0.15) is 25.8 Å². The monoisotopic (exact) mass is 271 g/mol. The molecule has 0 saturated heterocycles. The zero-order chi connectivity index (χ0) is 14.4. The predicted octanol–water partition coefficient (Wildman–Crippen LogP) is 3.95. The van der Waals surface area contributed by atoms with Crippen molar-refractivity contribution < 1.29 is 18.4 Å². The summed E-state index contributed by atoms with van der Waals surface area (Å²) in [4.78, 5) is 10.4. The fraction of sp³-hybridized carbons (Fsp3) is 0.385. The van der Waals surface area contributed by atoms with Crippen LogP contribution in [0.4, 0.5) is 8.78 Å². The summed E-state index contributed by atoms with van der Waals surface area (Å²) in [5.41, 5.74) is 0.246. The standard InChI is InChI=1S/C13H15F2NO3/c1-9(2)7-11(16(17)18)8-10-5-3-4-6-12(10)19-13(14)15/h3-6,8-9,13H,7H2,1-2H3. The summed E-state index contributed by atoms with van der Waals surface area (Å²) in [7, 11) is 0. The molecule has 0 bridgehead atoms. The molecule has 0 spiro atoms. The molecule has 0 aliphatic rings. The van der Waals surface area contributed by atoms with Gasteiger partial charge < -0.3 is 4.74 Å². The van der Waals surface area contributed by atoms with Gasteiger partial charge in [-0.1, -0.05) is 32.0 Å². The first-order valence-corrected chi connectivity index (χ1v) is 5.79. The summed E-state index contributed by atoms with van der Waals surface area (Å²) < 4.78 is 28.8. The second kappa shape index (κ2) is 6.82. The van der Waals surface area contributed by atoms with Crippen LogP contribution in [0.5, 0.6) is 5.75 Å². The van der Waals surface area contributed by atoms with Crippen LogP contribution < -0.4 is 4.74 Å². The number of rotatable bonds is 6. The molecule has 104 valence electrons. The maximum absolute atomic E-state index is 12.2. The first-order chi connectivity index (χ1) is 8.90. The van der Waals surface area contributed by atoms with E-state index in [0.717, 1.165) is 0 Å². The zero-order valence-corrected chi connectivity index (χ0v) is 10.7. The molecule has 0 saturated carbocycles. The van der Waals surface area contributed by atoms with Gasteiger partial charge in [-0.15, -0.1) is 0 Å². The van der Waals surface area contributed by atoms with E-state index < -0.39 is 11.5 Å². The summed E-state index contributed by atoms with van der Waals surface area (Å²) in [6, 6.07) is 5.99. The Morgan fingerprint density at radius 1 is 1.42 bits per heavy atom. The molecule has 0 unspecified atom stereocenters. The molecule has 0 amide bonds. The smallest absolute Gasteiger partial charge is 0.387 e.